The summed E-state index contributed by atoms with van der Waals surface area (Å²) in [7, 11) is 0. The molecular formula is C17H17BrN2O2. The zero-order chi connectivity index (χ0) is 16.1. The third kappa shape index (κ3) is 4.18. The molecule has 0 saturated heterocycles. The first-order valence-electron chi connectivity index (χ1n) is 6.87. The molecule has 0 spiro atoms. The summed E-state index contributed by atoms with van der Waals surface area (Å²) in [5.74, 6) is -1.32. The van der Waals surface area contributed by atoms with Crippen LogP contribution in [0.1, 0.15) is 16.7 Å². The Hall–Kier alpha value is -2.14. The van der Waals surface area contributed by atoms with Crippen LogP contribution in [0.5, 0.6) is 0 Å². The van der Waals surface area contributed by atoms with Crippen LogP contribution in [0, 0.1) is 13.8 Å². The molecule has 0 aromatic heterocycles. The van der Waals surface area contributed by atoms with Crippen molar-refractivity contribution in [3.05, 3.63) is 63.6 Å². The molecule has 2 amide bonds. The van der Waals surface area contributed by atoms with E-state index in [1.807, 2.05) is 44.2 Å². The molecule has 0 bridgehead atoms. The number of carbonyl (C=O) groups excluding carboxylic acids is 2. The fourth-order valence-corrected chi connectivity index (χ4v) is 2.22. The SMILES string of the molecule is Cc1cc(NC(=O)C(=O)NCc2ccccc2C)ccc1Br. The molecule has 4 nitrogen and oxygen atoms in total. The van der Waals surface area contributed by atoms with Crippen LogP contribution in [-0.4, -0.2) is 11.8 Å². The van der Waals surface area contributed by atoms with Gasteiger partial charge in [0.2, 0.25) is 0 Å². The number of benzene rings is 2. The molecule has 5 heteroatoms. The van der Waals surface area contributed by atoms with Crippen LogP contribution in [0.3, 0.4) is 0 Å². The van der Waals surface area contributed by atoms with Gasteiger partial charge in [-0.1, -0.05) is 40.2 Å². The second-order valence-electron chi connectivity index (χ2n) is 5.03. The van der Waals surface area contributed by atoms with Crippen LogP contribution < -0.4 is 10.6 Å². The maximum Gasteiger partial charge on any atom is 0.313 e. The molecule has 22 heavy (non-hydrogen) atoms. The third-order valence-corrected chi connectivity index (χ3v) is 4.21. The summed E-state index contributed by atoms with van der Waals surface area (Å²) in [6.45, 7) is 4.21. The van der Waals surface area contributed by atoms with Gasteiger partial charge in [0.15, 0.2) is 0 Å². The molecule has 0 saturated carbocycles. The van der Waals surface area contributed by atoms with E-state index < -0.39 is 11.8 Å². The van der Waals surface area contributed by atoms with Gasteiger partial charge in [0.05, 0.1) is 0 Å². The Morgan fingerprint density at radius 3 is 2.41 bits per heavy atom. The highest BCUT2D eigenvalue weighted by Gasteiger charge is 2.14. The van der Waals surface area contributed by atoms with E-state index in [1.165, 1.54) is 0 Å². The molecule has 0 aliphatic rings. The predicted molar refractivity (Wildman–Crippen MR) is 90.5 cm³/mol. The fourth-order valence-electron chi connectivity index (χ4n) is 1.97. The van der Waals surface area contributed by atoms with Crippen molar-refractivity contribution in [1.82, 2.24) is 5.32 Å². The first-order valence-corrected chi connectivity index (χ1v) is 7.66. The van der Waals surface area contributed by atoms with Crippen molar-refractivity contribution in [3.63, 3.8) is 0 Å². The van der Waals surface area contributed by atoms with Gasteiger partial charge in [0.25, 0.3) is 0 Å². The van der Waals surface area contributed by atoms with Gasteiger partial charge in [-0.15, -0.1) is 0 Å². The van der Waals surface area contributed by atoms with Crippen LogP contribution in [0.2, 0.25) is 0 Å². The number of hydrogen-bond donors (Lipinski definition) is 2. The smallest absolute Gasteiger partial charge is 0.313 e. The topological polar surface area (TPSA) is 58.2 Å². The molecule has 2 aromatic carbocycles. The lowest BCUT2D eigenvalue weighted by atomic mass is 10.1. The quantitative estimate of drug-likeness (QED) is 0.824. The van der Waals surface area contributed by atoms with Gasteiger partial charge in [0, 0.05) is 16.7 Å². The average molecular weight is 361 g/mol. The standard InChI is InChI=1S/C17H17BrN2O2/c1-11-5-3-4-6-13(11)10-19-16(21)17(22)20-14-7-8-15(18)12(2)9-14/h3-9H,10H2,1-2H3,(H,19,21)(H,20,22). The molecule has 2 aromatic rings. The van der Waals surface area contributed by atoms with E-state index in [1.54, 1.807) is 12.1 Å². The lowest BCUT2D eigenvalue weighted by Crippen LogP contribution is -2.35. The lowest BCUT2D eigenvalue weighted by Gasteiger charge is -2.09. The molecule has 0 heterocycles. The second-order valence-corrected chi connectivity index (χ2v) is 5.88. The maximum absolute atomic E-state index is 11.9. The summed E-state index contributed by atoms with van der Waals surface area (Å²) < 4.78 is 0.953. The molecular weight excluding hydrogens is 344 g/mol. The summed E-state index contributed by atoms with van der Waals surface area (Å²) in [5, 5.41) is 5.21. The van der Waals surface area contributed by atoms with E-state index >= 15 is 0 Å². The second kappa shape index (κ2) is 7.22. The van der Waals surface area contributed by atoms with E-state index in [4.69, 9.17) is 0 Å². The van der Waals surface area contributed by atoms with E-state index in [2.05, 4.69) is 26.6 Å². The molecule has 0 radical (unpaired) electrons. The van der Waals surface area contributed by atoms with Gasteiger partial charge in [-0.05, 0) is 48.7 Å². The molecule has 114 valence electrons. The van der Waals surface area contributed by atoms with Gasteiger partial charge in [-0.25, -0.2) is 0 Å². The number of amides is 2. The molecule has 0 fully saturated rings. The lowest BCUT2D eigenvalue weighted by molar-refractivity contribution is -0.136. The Morgan fingerprint density at radius 2 is 1.73 bits per heavy atom. The first kappa shape index (κ1) is 16.2. The average Bonchev–Trinajstić information content (AvgIpc) is 2.50. The van der Waals surface area contributed by atoms with Crippen LogP contribution >= 0.6 is 15.9 Å². The molecule has 2 rings (SSSR count). The summed E-state index contributed by atoms with van der Waals surface area (Å²) in [6, 6.07) is 13.1. The number of halogens is 1. The van der Waals surface area contributed by atoms with Crippen LogP contribution in [-0.2, 0) is 16.1 Å². The normalized spacial score (nSPS) is 10.1. The molecule has 0 unspecified atom stereocenters. The van der Waals surface area contributed by atoms with Gasteiger partial charge in [-0.2, -0.15) is 0 Å². The Balaban J connectivity index is 1.93. The van der Waals surface area contributed by atoms with Gasteiger partial charge < -0.3 is 10.6 Å². The van der Waals surface area contributed by atoms with E-state index in [-0.39, 0.29) is 0 Å². The van der Waals surface area contributed by atoms with E-state index in [0.717, 1.165) is 21.2 Å². The van der Waals surface area contributed by atoms with Gasteiger partial charge in [0.1, 0.15) is 0 Å². The number of anilines is 1. The zero-order valence-corrected chi connectivity index (χ0v) is 14.0. The van der Waals surface area contributed by atoms with Crippen molar-refractivity contribution in [2.75, 3.05) is 5.32 Å². The maximum atomic E-state index is 11.9. The highest BCUT2D eigenvalue weighted by atomic mass is 79.9. The summed E-state index contributed by atoms with van der Waals surface area (Å²) in [5.41, 5.74) is 3.64. The highest BCUT2D eigenvalue weighted by molar-refractivity contribution is 9.10. The molecule has 2 N–H and O–H groups in total. The van der Waals surface area contributed by atoms with Crippen LogP contribution in [0.15, 0.2) is 46.9 Å². The van der Waals surface area contributed by atoms with Gasteiger partial charge >= 0.3 is 11.8 Å². The van der Waals surface area contributed by atoms with Crippen molar-refractivity contribution >= 4 is 33.4 Å². The summed E-state index contributed by atoms with van der Waals surface area (Å²) in [4.78, 5) is 23.7. The Morgan fingerprint density at radius 1 is 1.00 bits per heavy atom. The Labute approximate surface area is 138 Å². The van der Waals surface area contributed by atoms with Crippen molar-refractivity contribution in [2.45, 2.75) is 20.4 Å². The summed E-state index contributed by atoms with van der Waals surface area (Å²) >= 11 is 3.39. The zero-order valence-electron chi connectivity index (χ0n) is 12.4. The minimum Gasteiger partial charge on any atom is -0.344 e. The van der Waals surface area contributed by atoms with Crippen molar-refractivity contribution < 1.29 is 9.59 Å². The van der Waals surface area contributed by atoms with E-state index in [0.29, 0.717) is 12.2 Å². The monoisotopic (exact) mass is 360 g/mol. The number of hydrogen-bond acceptors (Lipinski definition) is 2. The number of nitrogens with one attached hydrogen (secondary N) is 2. The number of carbonyl (C=O) groups is 2. The van der Waals surface area contributed by atoms with E-state index in [9.17, 15) is 9.59 Å². The predicted octanol–water partition coefficient (Wildman–Crippen LogP) is 3.32. The van der Waals surface area contributed by atoms with Crippen LogP contribution in [0.25, 0.3) is 0 Å². The minimum absolute atomic E-state index is 0.332. The highest BCUT2D eigenvalue weighted by Crippen LogP contribution is 2.19. The Kier molecular flexibility index (Phi) is 5.33. The Bertz CT molecular complexity index is 714. The number of rotatable bonds is 3. The third-order valence-electron chi connectivity index (χ3n) is 3.32. The minimum atomic E-state index is -0.671. The molecule has 0 atom stereocenters. The van der Waals surface area contributed by atoms with Gasteiger partial charge in [-0.3, -0.25) is 9.59 Å². The van der Waals surface area contributed by atoms with Crippen molar-refractivity contribution in [1.29, 1.82) is 0 Å². The first-order chi connectivity index (χ1) is 10.5. The number of aryl methyl sites for hydroxylation is 2. The fraction of sp³-hybridized carbons (Fsp3) is 0.176. The molecule has 0 aliphatic heterocycles. The van der Waals surface area contributed by atoms with Crippen LogP contribution in [0.4, 0.5) is 5.69 Å². The largest absolute Gasteiger partial charge is 0.344 e. The van der Waals surface area contributed by atoms with Crippen molar-refractivity contribution in [2.24, 2.45) is 0 Å². The molecule has 0 aliphatic carbocycles. The van der Waals surface area contributed by atoms with Crippen molar-refractivity contribution in [3.8, 4) is 0 Å². The summed E-state index contributed by atoms with van der Waals surface area (Å²) in [6.07, 6.45) is 0.